The Morgan fingerprint density at radius 2 is 0.944 bits per heavy atom. The number of aliphatic hydroxyl groups is 2. The molecule has 0 heterocycles. The van der Waals surface area contributed by atoms with Gasteiger partial charge < -0.3 is 10.2 Å². The maximum atomic E-state index is 9.83. The van der Waals surface area contributed by atoms with E-state index in [9.17, 15) is 10.2 Å². The van der Waals surface area contributed by atoms with Crippen LogP contribution in [0.25, 0.3) is 0 Å². The smallest absolute Gasteiger partial charge is 0.140 e. The van der Waals surface area contributed by atoms with Crippen LogP contribution in [0.3, 0.4) is 0 Å². The van der Waals surface area contributed by atoms with Gasteiger partial charge in [-0.15, -0.1) is 0 Å². The van der Waals surface area contributed by atoms with Crippen molar-refractivity contribution in [2.75, 3.05) is 0 Å². The predicted molar refractivity (Wildman–Crippen MR) is 70.6 cm³/mol. The highest BCUT2D eigenvalue weighted by atomic mass is 16.3. The summed E-state index contributed by atoms with van der Waals surface area (Å²) >= 11 is 0. The average molecular weight is 238 g/mol. The van der Waals surface area contributed by atoms with Crippen LogP contribution in [0.15, 0.2) is 60.7 Å². The molecule has 2 rings (SSSR count). The van der Waals surface area contributed by atoms with E-state index in [1.165, 1.54) is 0 Å². The van der Waals surface area contributed by atoms with E-state index < -0.39 is 12.2 Å². The third-order valence-electron chi connectivity index (χ3n) is 2.59. The zero-order chi connectivity index (χ0) is 12.8. The molecule has 0 spiro atoms. The number of hydrogen-bond acceptors (Lipinski definition) is 2. The topological polar surface area (TPSA) is 40.5 Å². The van der Waals surface area contributed by atoms with E-state index in [4.69, 9.17) is 0 Å². The molecule has 0 aliphatic heterocycles. The summed E-state index contributed by atoms with van der Waals surface area (Å²) in [5.74, 6) is 5.31. The van der Waals surface area contributed by atoms with Crippen LogP contribution in [0.4, 0.5) is 0 Å². The van der Waals surface area contributed by atoms with Crippen molar-refractivity contribution in [1.29, 1.82) is 0 Å². The molecule has 0 amide bonds. The van der Waals surface area contributed by atoms with Crippen LogP contribution in [0.2, 0.25) is 0 Å². The lowest BCUT2D eigenvalue weighted by Gasteiger charge is -2.05. The first-order chi connectivity index (χ1) is 8.77. The summed E-state index contributed by atoms with van der Waals surface area (Å²) in [6, 6.07) is 18.3. The van der Waals surface area contributed by atoms with Crippen molar-refractivity contribution in [3.05, 3.63) is 71.8 Å². The Morgan fingerprint density at radius 3 is 1.28 bits per heavy atom. The van der Waals surface area contributed by atoms with Crippen LogP contribution in [0.1, 0.15) is 23.3 Å². The van der Waals surface area contributed by atoms with Gasteiger partial charge in [0.15, 0.2) is 0 Å². The maximum Gasteiger partial charge on any atom is 0.140 e. The van der Waals surface area contributed by atoms with E-state index in [0.29, 0.717) is 0 Å². The summed E-state index contributed by atoms with van der Waals surface area (Å²) in [5.41, 5.74) is 1.45. The van der Waals surface area contributed by atoms with Crippen LogP contribution in [-0.4, -0.2) is 10.2 Å². The minimum Gasteiger partial charge on any atom is -0.376 e. The Kier molecular flexibility index (Phi) is 4.14. The Hall–Kier alpha value is -2.08. The van der Waals surface area contributed by atoms with E-state index in [0.717, 1.165) is 11.1 Å². The summed E-state index contributed by atoms with van der Waals surface area (Å²) in [6.45, 7) is 0. The molecule has 0 aromatic heterocycles. The fourth-order valence-corrected chi connectivity index (χ4v) is 1.60. The molecule has 0 saturated heterocycles. The van der Waals surface area contributed by atoms with Crippen molar-refractivity contribution in [1.82, 2.24) is 0 Å². The van der Waals surface area contributed by atoms with E-state index in [2.05, 4.69) is 11.8 Å². The number of hydrogen-bond donors (Lipinski definition) is 2. The summed E-state index contributed by atoms with van der Waals surface area (Å²) in [6.07, 6.45) is -1.74. The molecule has 0 saturated carbocycles. The summed E-state index contributed by atoms with van der Waals surface area (Å²) in [7, 11) is 0. The van der Waals surface area contributed by atoms with Gasteiger partial charge in [0.2, 0.25) is 0 Å². The van der Waals surface area contributed by atoms with Crippen LogP contribution in [0, 0.1) is 11.8 Å². The lowest BCUT2D eigenvalue weighted by molar-refractivity contribution is 0.227. The molecule has 0 unspecified atom stereocenters. The highest BCUT2D eigenvalue weighted by Gasteiger charge is 2.04. The fourth-order valence-electron chi connectivity index (χ4n) is 1.60. The second-order valence-corrected chi connectivity index (χ2v) is 3.92. The standard InChI is InChI=1S/C16H14O2/c17-15(13-7-3-1-4-8-13)11-12-16(18)14-9-5-2-6-10-14/h1-10,15-18H/t15-,16-/m1/s1. The van der Waals surface area contributed by atoms with Crippen LogP contribution >= 0.6 is 0 Å². The molecule has 0 aliphatic carbocycles. The lowest BCUT2D eigenvalue weighted by atomic mass is 10.1. The Morgan fingerprint density at radius 1 is 0.611 bits per heavy atom. The molecule has 2 atom stereocenters. The maximum absolute atomic E-state index is 9.83. The van der Waals surface area contributed by atoms with Crippen molar-refractivity contribution in [2.24, 2.45) is 0 Å². The lowest BCUT2D eigenvalue weighted by Crippen LogP contribution is -1.96. The van der Waals surface area contributed by atoms with E-state index >= 15 is 0 Å². The highest BCUT2D eigenvalue weighted by molar-refractivity contribution is 5.29. The van der Waals surface area contributed by atoms with Crippen LogP contribution in [-0.2, 0) is 0 Å². The summed E-state index contributed by atoms with van der Waals surface area (Å²) < 4.78 is 0. The van der Waals surface area contributed by atoms with Crippen LogP contribution < -0.4 is 0 Å². The van der Waals surface area contributed by atoms with Crippen molar-refractivity contribution in [2.45, 2.75) is 12.2 Å². The molecule has 2 heteroatoms. The zero-order valence-electron chi connectivity index (χ0n) is 9.82. The first kappa shape index (κ1) is 12.4. The van der Waals surface area contributed by atoms with Crippen molar-refractivity contribution in [3.63, 3.8) is 0 Å². The van der Waals surface area contributed by atoms with Gasteiger partial charge in [-0.05, 0) is 11.1 Å². The molecular formula is C16H14O2. The quantitative estimate of drug-likeness (QED) is 0.789. The normalized spacial score (nSPS) is 13.2. The first-order valence-corrected chi connectivity index (χ1v) is 5.74. The molecule has 0 bridgehead atoms. The fraction of sp³-hybridized carbons (Fsp3) is 0.125. The largest absolute Gasteiger partial charge is 0.376 e. The molecule has 0 radical (unpaired) electrons. The Labute approximate surface area is 107 Å². The molecular weight excluding hydrogens is 224 g/mol. The van der Waals surface area contributed by atoms with Crippen molar-refractivity contribution >= 4 is 0 Å². The minimum absolute atomic E-state index is 0.727. The molecule has 0 aliphatic rings. The second-order valence-electron chi connectivity index (χ2n) is 3.92. The highest BCUT2D eigenvalue weighted by Crippen LogP contribution is 2.13. The molecule has 2 aromatic rings. The van der Waals surface area contributed by atoms with Gasteiger partial charge in [-0.2, -0.15) is 0 Å². The van der Waals surface area contributed by atoms with E-state index in [1.807, 2.05) is 36.4 Å². The number of benzene rings is 2. The molecule has 90 valence electrons. The second kappa shape index (κ2) is 6.02. The van der Waals surface area contributed by atoms with E-state index in [1.54, 1.807) is 24.3 Å². The van der Waals surface area contributed by atoms with E-state index in [-0.39, 0.29) is 0 Å². The first-order valence-electron chi connectivity index (χ1n) is 5.74. The van der Waals surface area contributed by atoms with Crippen molar-refractivity contribution in [3.8, 4) is 11.8 Å². The molecule has 2 nitrogen and oxygen atoms in total. The minimum atomic E-state index is -0.871. The molecule has 0 fully saturated rings. The third kappa shape index (κ3) is 3.21. The van der Waals surface area contributed by atoms with Gasteiger partial charge in [-0.25, -0.2) is 0 Å². The van der Waals surface area contributed by atoms with Crippen LogP contribution in [0.5, 0.6) is 0 Å². The third-order valence-corrected chi connectivity index (χ3v) is 2.59. The molecule has 18 heavy (non-hydrogen) atoms. The number of aliphatic hydroxyl groups excluding tert-OH is 2. The SMILES string of the molecule is O[C@H](C#C[C@@H](O)c1ccccc1)c1ccccc1. The number of rotatable bonds is 2. The summed E-state index contributed by atoms with van der Waals surface area (Å²) in [4.78, 5) is 0. The monoisotopic (exact) mass is 238 g/mol. The van der Waals surface area contributed by atoms with Gasteiger partial charge >= 0.3 is 0 Å². The van der Waals surface area contributed by atoms with Crippen molar-refractivity contribution < 1.29 is 10.2 Å². The zero-order valence-corrected chi connectivity index (χ0v) is 9.82. The predicted octanol–water partition coefficient (Wildman–Crippen LogP) is 2.46. The Bertz CT molecular complexity index is 488. The molecule has 2 N–H and O–H groups in total. The summed E-state index contributed by atoms with van der Waals surface area (Å²) in [5, 5.41) is 19.7. The van der Waals surface area contributed by atoms with Gasteiger partial charge in [0.25, 0.3) is 0 Å². The van der Waals surface area contributed by atoms with Gasteiger partial charge in [0, 0.05) is 0 Å². The van der Waals surface area contributed by atoms with Gasteiger partial charge in [-0.3, -0.25) is 0 Å². The van der Waals surface area contributed by atoms with Gasteiger partial charge in [0.05, 0.1) is 0 Å². The van der Waals surface area contributed by atoms with Gasteiger partial charge in [-0.1, -0.05) is 72.5 Å². The average Bonchev–Trinajstić information content (AvgIpc) is 2.46. The molecule has 2 aromatic carbocycles. The Balaban J connectivity index is 2.09. The van der Waals surface area contributed by atoms with Gasteiger partial charge in [0.1, 0.15) is 12.2 Å².